The Bertz CT molecular complexity index is 535. The zero-order valence-corrected chi connectivity index (χ0v) is 12.7. The Kier molecular flexibility index (Phi) is 4.63. The molecule has 0 spiro atoms. The van der Waals surface area contributed by atoms with Gasteiger partial charge in [0, 0.05) is 0 Å². The number of benzene rings is 2. The molecule has 0 heterocycles. The molecule has 0 radical (unpaired) electrons. The van der Waals surface area contributed by atoms with Crippen LogP contribution >= 0.6 is 0 Å². The first kappa shape index (κ1) is 14.1. The fraction of sp³-hybridized carbons (Fsp3) is 0.474. The van der Waals surface area contributed by atoms with Crippen molar-refractivity contribution in [2.75, 3.05) is 0 Å². The quantitative estimate of drug-likeness (QED) is 0.619. The minimum absolute atomic E-state index is 0.610. The van der Waals surface area contributed by atoms with Gasteiger partial charge in [0.1, 0.15) is 0 Å². The number of fused-ring (bicyclic) bond motifs is 1. The third kappa shape index (κ3) is 3.37. The SMILES string of the molecule is CC(C)CCCc1c(C(C)C)ccc2ccccc12. The topological polar surface area (TPSA) is 0 Å². The van der Waals surface area contributed by atoms with E-state index >= 15 is 0 Å². The minimum Gasteiger partial charge on any atom is -0.0628 e. The number of rotatable bonds is 5. The first-order chi connectivity index (χ1) is 9.09. The molecule has 0 saturated heterocycles. The highest BCUT2D eigenvalue weighted by Crippen LogP contribution is 2.29. The zero-order chi connectivity index (χ0) is 13.8. The van der Waals surface area contributed by atoms with Crippen molar-refractivity contribution in [3.8, 4) is 0 Å². The summed E-state index contributed by atoms with van der Waals surface area (Å²) in [6.45, 7) is 9.23. The normalized spacial score (nSPS) is 11.7. The lowest BCUT2D eigenvalue weighted by Gasteiger charge is -2.16. The van der Waals surface area contributed by atoms with Gasteiger partial charge in [0.15, 0.2) is 0 Å². The Morgan fingerprint density at radius 2 is 1.63 bits per heavy atom. The van der Waals surface area contributed by atoms with E-state index in [1.807, 2.05) is 0 Å². The van der Waals surface area contributed by atoms with Gasteiger partial charge in [0.05, 0.1) is 0 Å². The predicted molar refractivity (Wildman–Crippen MR) is 85.8 cm³/mol. The highest BCUT2D eigenvalue weighted by atomic mass is 14.1. The number of aryl methyl sites for hydroxylation is 1. The molecule has 102 valence electrons. The molecule has 0 amide bonds. The van der Waals surface area contributed by atoms with Gasteiger partial charge in [-0.05, 0) is 46.6 Å². The zero-order valence-electron chi connectivity index (χ0n) is 12.7. The van der Waals surface area contributed by atoms with E-state index in [1.54, 1.807) is 5.56 Å². The van der Waals surface area contributed by atoms with Crippen LogP contribution in [0.5, 0.6) is 0 Å². The molecule has 0 fully saturated rings. The maximum atomic E-state index is 2.33. The summed E-state index contributed by atoms with van der Waals surface area (Å²) in [6, 6.07) is 13.4. The Morgan fingerprint density at radius 3 is 2.32 bits per heavy atom. The van der Waals surface area contributed by atoms with Crippen LogP contribution in [0.3, 0.4) is 0 Å². The lowest BCUT2D eigenvalue weighted by molar-refractivity contribution is 0.555. The molecule has 0 aliphatic heterocycles. The van der Waals surface area contributed by atoms with E-state index in [9.17, 15) is 0 Å². The summed E-state index contributed by atoms with van der Waals surface area (Å²) in [5, 5.41) is 2.84. The smallest absolute Gasteiger partial charge is 0.0149 e. The van der Waals surface area contributed by atoms with Crippen molar-refractivity contribution in [3.63, 3.8) is 0 Å². The maximum absolute atomic E-state index is 2.33. The molecule has 0 aliphatic rings. The largest absolute Gasteiger partial charge is 0.0628 e. The highest BCUT2D eigenvalue weighted by molar-refractivity contribution is 5.87. The molecule has 2 aromatic rings. The van der Waals surface area contributed by atoms with E-state index in [0.717, 1.165) is 5.92 Å². The number of hydrogen-bond donors (Lipinski definition) is 0. The summed E-state index contributed by atoms with van der Waals surface area (Å²) in [6.07, 6.45) is 3.83. The summed E-state index contributed by atoms with van der Waals surface area (Å²) in [5.74, 6) is 1.41. The van der Waals surface area contributed by atoms with Crippen molar-refractivity contribution in [2.45, 2.75) is 52.9 Å². The van der Waals surface area contributed by atoms with Crippen molar-refractivity contribution in [1.29, 1.82) is 0 Å². The summed E-state index contributed by atoms with van der Waals surface area (Å²) in [4.78, 5) is 0. The molecule has 0 heteroatoms. The fourth-order valence-electron chi connectivity index (χ4n) is 2.86. The van der Waals surface area contributed by atoms with Crippen molar-refractivity contribution in [2.24, 2.45) is 5.92 Å². The molecule has 0 aliphatic carbocycles. The molecule has 0 bridgehead atoms. The van der Waals surface area contributed by atoms with Crippen LogP contribution in [-0.4, -0.2) is 0 Å². The van der Waals surface area contributed by atoms with Crippen molar-refractivity contribution in [3.05, 3.63) is 47.5 Å². The first-order valence-electron chi connectivity index (χ1n) is 7.60. The van der Waals surface area contributed by atoms with E-state index in [0.29, 0.717) is 5.92 Å². The first-order valence-corrected chi connectivity index (χ1v) is 7.60. The van der Waals surface area contributed by atoms with Crippen LogP contribution in [0.25, 0.3) is 10.8 Å². The Hall–Kier alpha value is -1.30. The van der Waals surface area contributed by atoms with Crippen molar-refractivity contribution in [1.82, 2.24) is 0 Å². The molecular formula is C19H26. The van der Waals surface area contributed by atoms with Gasteiger partial charge in [-0.3, -0.25) is 0 Å². The van der Waals surface area contributed by atoms with Gasteiger partial charge < -0.3 is 0 Å². The molecule has 2 aromatic carbocycles. The molecule has 0 N–H and O–H groups in total. The molecule has 0 atom stereocenters. The van der Waals surface area contributed by atoms with E-state index in [1.165, 1.54) is 35.6 Å². The molecule has 0 unspecified atom stereocenters. The Balaban J connectivity index is 2.38. The molecule has 0 nitrogen and oxygen atoms in total. The van der Waals surface area contributed by atoms with Gasteiger partial charge in [-0.1, -0.05) is 70.5 Å². The third-order valence-corrected chi connectivity index (χ3v) is 3.91. The van der Waals surface area contributed by atoms with Gasteiger partial charge in [0.25, 0.3) is 0 Å². The second-order valence-corrected chi connectivity index (χ2v) is 6.30. The number of hydrogen-bond acceptors (Lipinski definition) is 0. The third-order valence-electron chi connectivity index (χ3n) is 3.91. The van der Waals surface area contributed by atoms with Crippen LogP contribution in [0.15, 0.2) is 36.4 Å². The molecule has 0 saturated carbocycles. The molecular weight excluding hydrogens is 228 g/mol. The van der Waals surface area contributed by atoms with Gasteiger partial charge >= 0.3 is 0 Å². The van der Waals surface area contributed by atoms with Crippen LogP contribution in [-0.2, 0) is 6.42 Å². The monoisotopic (exact) mass is 254 g/mol. The summed E-state index contributed by atoms with van der Waals surface area (Å²) in [5.41, 5.74) is 3.11. The molecule has 2 rings (SSSR count). The Labute approximate surface area is 117 Å². The van der Waals surface area contributed by atoms with Gasteiger partial charge in [-0.15, -0.1) is 0 Å². The van der Waals surface area contributed by atoms with Crippen LogP contribution in [0, 0.1) is 5.92 Å². The van der Waals surface area contributed by atoms with E-state index in [4.69, 9.17) is 0 Å². The van der Waals surface area contributed by atoms with Gasteiger partial charge in [-0.2, -0.15) is 0 Å². The van der Waals surface area contributed by atoms with Crippen LogP contribution in [0.2, 0.25) is 0 Å². The summed E-state index contributed by atoms with van der Waals surface area (Å²) >= 11 is 0. The minimum atomic E-state index is 0.610. The standard InChI is InChI=1S/C19H26/c1-14(2)8-7-11-19-17(15(3)4)13-12-16-9-5-6-10-18(16)19/h5-6,9-10,12-15H,7-8,11H2,1-4H3. The predicted octanol–water partition coefficient (Wildman–Crippen LogP) is 5.94. The second-order valence-electron chi connectivity index (χ2n) is 6.30. The van der Waals surface area contributed by atoms with Gasteiger partial charge in [-0.25, -0.2) is 0 Å². The van der Waals surface area contributed by atoms with E-state index < -0.39 is 0 Å². The molecule has 0 aromatic heterocycles. The van der Waals surface area contributed by atoms with E-state index in [2.05, 4.69) is 64.1 Å². The fourth-order valence-corrected chi connectivity index (χ4v) is 2.86. The average Bonchev–Trinajstić information content (AvgIpc) is 2.38. The highest BCUT2D eigenvalue weighted by Gasteiger charge is 2.10. The Morgan fingerprint density at radius 1 is 0.895 bits per heavy atom. The van der Waals surface area contributed by atoms with Gasteiger partial charge in [0.2, 0.25) is 0 Å². The lowest BCUT2D eigenvalue weighted by atomic mass is 9.89. The van der Waals surface area contributed by atoms with Crippen LogP contribution in [0.4, 0.5) is 0 Å². The maximum Gasteiger partial charge on any atom is -0.0149 e. The summed E-state index contributed by atoms with van der Waals surface area (Å²) in [7, 11) is 0. The van der Waals surface area contributed by atoms with Crippen molar-refractivity contribution < 1.29 is 0 Å². The van der Waals surface area contributed by atoms with Crippen LogP contribution in [0.1, 0.15) is 57.6 Å². The van der Waals surface area contributed by atoms with Crippen LogP contribution < -0.4 is 0 Å². The molecule has 19 heavy (non-hydrogen) atoms. The van der Waals surface area contributed by atoms with Crippen molar-refractivity contribution >= 4 is 10.8 Å². The summed E-state index contributed by atoms with van der Waals surface area (Å²) < 4.78 is 0. The lowest BCUT2D eigenvalue weighted by Crippen LogP contribution is -1.99. The van der Waals surface area contributed by atoms with E-state index in [-0.39, 0.29) is 0 Å². The second kappa shape index (κ2) is 6.23. The average molecular weight is 254 g/mol.